The van der Waals surface area contributed by atoms with Crippen LogP contribution >= 0.6 is 0 Å². The summed E-state index contributed by atoms with van der Waals surface area (Å²) in [6, 6.07) is 7.71. The van der Waals surface area contributed by atoms with Crippen LogP contribution in [0.5, 0.6) is 5.75 Å². The number of hydroxylamine groups is 2. The second kappa shape index (κ2) is 10.6. The van der Waals surface area contributed by atoms with E-state index in [0.29, 0.717) is 13.2 Å². The molecule has 1 aliphatic carbocycles. The molecule has 3 rings (SSSR count). The van der Waals surface area contributed by atoms with E-state index in [1.807, 2.05) is 24.3 Å². The second-order valence-electron chi connectivity index (χ2n) is 13.7. The number of carbonyl (C=O) groups excluding carboxylic acids is 1. The number of benzene rings is 1. The fourth-order valence-electron chi connectivity index (χ4n) is 4.30. The minimum atomic E-state index is -2.15. The Balaban J connectivity index is 1.75. The molecule has 1 amide bonds. The highest BCUT2D eigenvalue weighted by molar-refractivity contribution is 6.74. The van der Waals surface area contributed by atoms with Crippen molar-refractivity contribution in [3.63, 3.8) is 0 Å². The van der Waals surface area contributed by atoms with Crippen LogP contribution in [0.2, 0.25) is 36.3 Å². The van der Waals surface area contributed by atoms with Gasteiger partial charge in [-0.3, -0.25) is 9.63 Å². The van der Waals surface area contributed by atoms with Gasteiger partial charge in [0.25, 0.3) is 5.91 Å². The van der Waals surface area contributed by atoms with E-state index >= 15 is 0 Å². The van der Waals surface area contributed by atoms with Crippen molar-refractivity contribution in [1.29, 1.82) is 0 Å². The smallest absolute Gasteiger partial charge is 0.254 e. The van der Waals surface area contributed by atoms with Crippen LogP contribution in [-0.4, -0.2) is 53.0 Å². The predicted octanol–water partition coefficient (Wildman–Crippen LogP) is 7.09. The van der Waals surface area contributed by atoms with E-state index in [-0.39, 0.29) is 28.0 Å². The number of hydrogen-bond donors (Lipinski definition) is 0. The maximum atomic E-state index is 13.4. The van der Waals surface area contributed by atoms with Gasteiger partial charge in [-0.15, -0.1) is 0 Å². The average molecular weight is 548 g/mol. The normalized spacial score (nSPS) is 25.3. The van der Waals surface area contributed by atoms with Gasteiger partial charge in [0.05, 0.1) is 31.3 Å². The first-order chi connectivity index (χ1) is 16.9. The number of β-lactam (4-membered cyclic amide) rings is 1. The summed E-state index contributed by atoms with van der Waals surface area (Å²) in [6.07, 6.45) is 6.03. The van der Waals surface area contributed by atoms with Gasteiger partial charge in [-0.2, -0.15) is 0 Å². The van der Waals surface area contributed by atoms with E-state index in [0.717, 1.165) is 24.2 Å². The fraction of sp³-hybridized carbons (Fsp3) is 0.690. The van der Waals surface area contributed by atoms with Gasteiger partial charge in [-0.25, -0.2) is 5.06 Å². The van der Waals surface area contributed by atoms with Gasteiger partial charge >= 0.3 is 0 Å². The molecule has 1 fully saturated rings. The summed E-state index contributed by atoms with van der Waals surface area (Å²) < 4.78 is 19.0. The van der Waals surface area contributed by atoms with Gasteiger partial charge in [0.15, 0.2) is 16.6 Å². The van der Waals surface area contributed by atoms with Crippen molar-refractivity contribution in [3.8, 4) is 5.75 Å². The van der Waals surface area contributed by atoms with Crippen molar-refractivity contribution in [3.05, 3.63) is 42.0 Å². The van der Waals surface area contributed by atoms with Crippen LogP contribution in [0.3, 0.4) is 0 Å². The summed E-state index contributed by atoms with van der Waals surface area (Å²) >= 11 is 0. The highest BCUT2D eigenvalue weighted by Gasteiger charge is 2.56. The number of amides is 1. The van der Waals surface area contributed by atoms with Crippen LogP contribution in [0.15, 0.2) is 36.4 Å². The van der Waals surface area contributed by atoms with Gasteiger partial charge in [0.2, 0.25) is 0 Å². The molecule has 3 atom stereocenters. The third kappa shape index (κ3) is 6.58. The Morgan fingerprint density at radius 2 is 1.57 bits per heavy atom. The first-order valence-electron chi connectivity index (χ1n) is 13.6. The Hall–Kier alpha value is -1.46. The third-order valence-electron chi connectivity index (χ3n) is 8.94. The topological polar surface area (TPSA) is 57.2 Å². The monoisotopic (exact) mass is 547 g/mol. The van der Waals surface area contributed by atoms with Crippen LogP contribution in [-0.2, 0) is 25.1 Å². The molecule has 0 radical (unpaired) electrons. The summed E-state index contributed by atoms with van der Waals surface area (Å²) in [5, 5.41) is 1.69. The third-order valence-corrected chi connectivity index (χ3v) is 18.0. The van der Waals surface area contributed by atoms with Crippen LogP contribution in [0.4, 0.5) is 0 Å². The lowest BCUT2D eigenvalue weighted by Crippen LogP contribution is -2.65. The Labute approximate surface area is 226 Å². The van der Waals surface area contributed by atoms with Gasteiger partial charge < -0.3 is 13.6 Å². The van der Waals surface area contributed by atoms with Crippen LogP contribution in [0.1, 0.15) is 59.9 Å². The van der Waals surface area contributed by atoms with Crippen molar-refractivity contribution in [2.45, 2.75) is 109 Å². The second-order valence-corrected chi connectivity index (χ2v) is 23.2. The summed E-state index contributed by atoms with van der Waals surface area (Å²) in [7, 11) is -2.40. The summed E-state index contributed by atoms with van der Waals surface area (Å²) in [6.45, 7) is 23.5. The highest BCUT2D eigenvalue weighted by atomic mass is 28.4. The molecule has 0 aromatic heterocycles. The Morgan fingerprint density at radius 3 is 2.03 bits per heavy atom. The first kappa shape index (κ1) is 30.1. The molecule has 6 nitrogen and oxygen atoms in total. The Kier molecular flexibility index (Phi) is 8.62. The summed E-state index contributed by atoms with van der Waals surface area (Å²) in [4.78, 5) is 19.3. The quantitative estimate of drug-likeness (QED) is 0.188. The molecule has 1 heterocycles. The zero-order valence-electron chi connectivity index (χ0n) is 24.9. The molecule has 0 N–H and O–H groups in total. The van der Waals surface area contributed by atoms with Crippen LogP contribution in [0, 0.1) is 5.92 Å². The molecule has 1 aromatic carbocycles. The van der Waals surface area contributed by atoms with E-state index in [2.05, 4.69) is 79.9 Å². The van der Waals surface area contributed by atoms with E-state index in [4.69, 9.17) is 18.4 Å². The standard InChI is InChI=1S/C29H49NO5Si2/c1-27(2,3)36(8,9)34-24-16-18-29(19-17-24,35-37(10,11)28(4,5)6)25-20-30(26(25)31)33-21-22-12-14-23(32-7)15-13-22/h12-16,18,24-25H,17,19-21H2,1-11H3/t24-,25+,29-/m1/s1. The molecule has 0 saturated carbocycles. The molecule has 0 spiro atoms. The minimum absolute atomic E-state index is 0.000589. The van der Waals surface area contributed by atoms with Gasteiger partial charge in [-0.05, 0) is 66.8 Å². The number of nitrogens with zero attached hydrogens (tertiary/aromatic N) is 1. The SMILES string of the molecule is COc1ccc(CON2C[C@H]([C@@]3(O[Si](C)(C)C(C)(C)C)C=C[C@@H](O[Si](C)(C)C(C)(C)C)CC3)C2=O)cc1. The molecule has 208 valence electrons. The van der Waals surface area contributed by atoms with Crippen molar-refractivity contribution in [1.82, 2.24) is 5.06 Å². The summed E-state index contributed by atoms with van der Waals surface area (Å²) in [5.41, 5.74) is 0.375. The van der Waals surface area contributed by atoms with Gasteiger partial charge in [-0.1, -0.05) is 65.8 Å². The number of ether oxygens (including phenoxy) is 1. The van der Waals surface area contributed by atoms with Crippen molar-refractivity contribution >= 4 is 22.5 Å². The Morgan fingerprint density at radius 1 is 0.973 bits per heavy atom. The predicted molar refractivity (Wildman–Crippen MR) is 154 cm³/mol. The molecule has 0 bridgehead atoms. The largest absolute Gasteiger partial charge is 0.497 e. The summed E-state index contributed by atoms with van der Waals surface area (Å²) in [5.74, 6) is 0.552. The van der Waals surface area contributed by atoms with E-state index in [9.17, 15) is 4.79 Å². The average Bonchev–Trinajstić information content (AvgIpc) is 2.78. The maximum absolute atomic E-state index is 13.4. The number of rotatable bonds is 9. The van der Waals surface area contributed by atoms with Gasteiger partial charge in [0.1, 0.15) is 12.4 Å². The van der Waals surface area contributed by atoms with Crippen LogP contribution in [0.25, 0.3) is 0 Å². The zero-order valence-corrected chi connectivity index (χ0v) is 26.9. The van der Waals surface area contributed by atoms with E-state index in [1.54, 1.807) is 7.11 Å². The highest BCUT2D eigenvalue weighted by Crippen LogP contribution is 2.48. The minimum Gasteiger partial charge on any atom is -0.497 e. The molecular weight excluding hydrogens is 498 g/mol. The molecule has 8 heteroatoms. The van der Waals surface area contributed by atoms with Gasteiger partial charge in [0, 0.05) is 0 Å². The van der Waals surface area contributed by atoms with Crippen molar-refractivity contribution < 1.29 is 23.2 Å². The fourth-order valence-corrected chi connectivity index (χ4v) is 7.17. The molecular formula is C29H49NO5Si2. The maximum Gasteiger partial charge on any atom is 0.254 e. The van der Waals surface area contributed by atoms with Crippen LogP contribution < -0.4 is 4.74 Å². The number of hydrogen-bond acceptors (Lipinski definition) is 5. The molecule has 37 heavy (non-hydrogen) atoms. The molecule has 1 aliphatic heterocycles. The number of methoxy groups -OCH3 is 1. The van der Waals surface area contributed by atoms with Crippen molar-refractivity contribution in [2.75, 3.05) is 13.7 Å². The zero-order chi connectivity index (χ0) is 27.9. The lowest BCUT2D eigenvalue weighted by molar-refractivity contribution is -0.238. The Bertz CT molecular complexity index is 977. The van der Waals surface area contributed by atoms with E-state index < -0.39 is 22.2 Å². The molecule has 1 saturated heterocycles. The lowest BCUT2D eigenvalue weighted by Gasteiger charge is -2.53. The molecule has 1 aromatic rings. The molecule has 2 aliphatic rings. The lowest BCUT2D eigenvalue weighted by atomic mass is 9.75. The van der Waals surface area contributed by atoms with E-state index in [1.165, 1.54) is 5.06 Å². The van der Waals surface area contributed by atoms with Crippen molar-refractivity contribution in [2.24, 2.45) is 5.92 Å². The molecule has 0 unspecified atom stereocenters. The number of carbonyl (C=O) groups is 1. The first-order valence-corrected chi connectivity index (χ1v) is 19.4.